The summed E-state index contributed by atoms with van der Waals surface area (Å²) in [5, 5.41) is 17.0. The number of carbonyl (C=O) groups excluding carboxylic acids is 3. The fourth-order valence-electron chi connectivity index (χ4n) is 2.11. The van der Waals surface area contributed by atoms with E-state index in [0.717, 1.165) is 13.1 Å². The fraction of sp³-hybridized carbons (Fsp3) is 0.357. The summed E-state index contributed by atoms with van der Waals surface area (Å²) in [5.74, 6) is -2.86. The third kappa shape index (κ3) is 4.03. The smallest absolute Gasteiger partial charge is 0.316 e. The minimum absolute atomic E-state index is 0.118. The Hall–Kier alpha value is -2.41. The summed E-state index contributed by atoms with van der Waals surface area (Å²) in [4.78, 5) is 35.2. The molecule has 1 aliphatic heterocycles. The second kappa shape index (κ2) is 6.85. The van der Waals surface area contributed by atoms with E-state index in [2.05, 4.69) is 16.0 Å². The van der Waals surface area contributed by atoms with E-state index in [9.17, 15) is 19.5 Å². The highest BCUT2D eigenvalue weighted by Gasteiger charge is 2.25. The van der Waals surface area contributed by atoms with Crippen molar-refractivity contribution in [3.8, 4) is 5.75 Å². The van der Waals surface area contributed by atoms with Crippen LogP contribution >= 0.6 is 0 Å². The topological polar surface area (TPSA) is 108 Å². The summed E-state index contributed by atoms with van der Waals surface area (Å²) in [6, 6.07) is 6.03. The van der Waals surface area contributed by atoms with Crippen molar-refractivity contribution in [2.45, 2.75) is 12.8 Å². The van der Waals surface area contributed by atoms with Gasteiger partial charge in [0.25, 0.3) is 0 Å². The van der Waals surface area contributed by atoms with Crippen molar-refractivity contribution >= 4 is 23.4 Å². The lowest BCUT2D eigenvalue weighted by molar-refractivity contribution is -0.141. The predicted octanol–water partition coefficient (Wildman–Crippen LogP) is -0.0269. The molecule has 7 nitrogen and oxygen atoms in total. The number of piperidine rings is 1. The first-order valence-electron chi connectivity index (χ1n) is 6.73. The highest BCUT2D eigenvalue weighted by atomic mass is 16.3. The molecule has 0 unspecified atom stereocenters. The van der Waals surface area contributed by atoms with Gasteiger partial charge in [-0.1, -0.05) is 12.1 Å². The molecule has 0 radical (unpaired) electrons. The summed E-state index contributed by atoms with van der Waals surface area (Å²) in [6.45, 7) is 1.44. The Balaban J connectivity index is 1.89. The van der Waals surface area contributed by atoms with E-state index in [4.69, 9.17) is 0 Å². The largest absolute Gasteiger partial charge is 0.506 e. The number of phenols is 1. The molecule has 4 N–H and O–H groups in total. The van der Waals surface area contributed by atoms with Crippen LogP contribution in [0.1, 0.15) is 12.8 Å². The Bertz CT molecular complexity index is 553. The predicted molar refractivity (Wildman–Crippen MR) is 75.5 cm³/mol. The molecule has 0 aliphatic carbocycles. The molecule has 0 aromatic heterocycles. The molecule has 2 rings (SSSR count). The van der Waals surface area contributed by atoms with Crippen molar-refractivity contribution in [2.24, 2.45) is 5.92 Å². The summed E-state index contributed by atoms with van der Waals surface area (Å²) >= 11 is 0. The zero-order valence-electron chi connectivity index (χ0n) is 11.4. The number of para-hydroxylation sites is 2. The normalized spacial score (nSPS) is 15.2. The summed E-state index contributed by atoms with van der Waals surface area (Å²) in [7, 11) is 0. The summed E-state index contributed by atoms with van der Waals surface area (Å²) < 4.78 is 0. The number of phenolic OH excluding ortho intramolecular Hbond substituents is 1. The molecule has 1 aromatic rings. The number of hydrogen-bond acceptors (Lipinski definition) is 5. The van der Waals surface area contributed by atoms with Crippen LogP contribution < -0.4 is 16.0 Å². The van der Waals surface area contributed by atoms with Crippen LogP contribution in [0.15, 0.2) is 24.3 Å². The van der Waals surface area contributed by atoms with Crippen molar-refractivity contribution in [3.05, 3.63) is 24.3 Å². The first kappa shape index (κ1) is 15.0. The number of rotatable bonds is 2. The van der Waals surface area contributed by atoms with Crippen molar-refractivity contribution in [1.29, 1.82) is 0 Å². The second-order valence-electron chi connectivity index (χ2n) is 4.81. The monoisotopic (exact) mass is 291 g/mol. The Morgan fingerprint density at radius 1 is 1.10 bits per heavy atom. The van der Waals surface area contributed by atoms with E-state index in [1.165, 1.54) is 12.1 Å². The van der Waals surface area contributed by atoms with Crippen molar-refractivity contribution in [1.82, 2.24) is 10.6 Å². The molecule has 1 heterocycles. The van der Waals surface area contributed by atoms with Crippen LogP contribution in [0.4, 0.5) is 5.69 Å². The van der Waals surface area contributed by atoms with Gasteiger partial charge < -0.3 is 15.7 Å². The third-order valence-corrected chi connectivity index (χ3v) is 3.31. The molecule has 0 bridgehead atoms. The van der Waals surface area contributed by atoms with Crippen LogP contribution in [0.25, 0.3) is 0 Å². The molecule has 0 spiro atoms. The van der Waals surface area contributed by atoms with E-state index in [-0.39, 0.29) is 17.4 Å². The van der Waals surface area contributed by atoms with Gasteiger partial charge in [0.05, 0.1) is 5.69 Å². The maximum atomic E-state index is 11.8. The number of benzene rings is 1. The maximum absolute atomic E-state index is 11.8. The van der Waals surface area contributed by atoms with Gasteiger partial charge in [0.15, 0.2) is 0 Å². The third-order valence-electron chi connectivity index (χ3n) is 3.31. The first-order valence-corrected chi connectivity index (χ1v) is 6.73. The molecule has 1 aromatic carbocycles. The van der Waals surface area contributed by atoms with Gasteiger partial charge in [-0.2, -0.15) is 0 Å². The molecular formula is C14H17N3O4. The van der Waals surface area contributed by atoms with Gasteiger partial charge in [0.2, 0.25) is 5.91 Å². The lowest BCUT2D eigenvalue weighted by atomic mass is 9.97. The molecule has 1 saturated heterocycles. The molecule has 1 fully saturated rings. The Morgan fingerprint density at radius 2 is 1.76 bits per heavy atom. The highest BCUT2D eigenvalue weighted by Crippen LogP contribution is 2.21. The maximum Gasteiger partial charge on any atom is 0.316 e. The molecule has 112 valence electrons. The van der Waals surface area contributed by atoms with E-state index < -0.39 is 17.7 Å². The zero-order chi connectivity index (χ0) is 15.2. The Morgan fingerprint density at radius 3 is 2.43 bits per heavy atom. The number of carbonyl (C=O) groups is 3. The molecule has 0 saturated carbocycles. The molecule has 7 heteroatoms. The lowest BCUT2D eigenvalue weighted by Crippen LogP contribution is -2.44. The van der Waals surface area contributed by atoms with Crippen molar-refractivity contribution in [2.75, 3.05) is 18.4 Å². The number of anilines is 1. The van der Waals surface area contributed by atoms with Crippen LogP contribution in [0.2, 0.25) is 0 Å². The van der Waals surface area contributed by atoms with E-state index >= 15 is 0 Å². The minimum atomic E-state index is -1.03. The minimum Gasteiger partial charge on any atom is -0.506 e. The number of aromatic hydroxyl groups is 1. The van der Waals surface area contributed by atoms with Crippen molar-refractivity contribution in [3.63, 3.8) is 0 Å². The summed E-state index contributed by atoms with van der Waals surface area (Å²) in [5.41, 5.74) is 0.118. The number of amides is 3. The molecule has 0 atom stereocenters. The molecular weight excluding hydrogens is 274 g/mol. The molecule has 1 aliphatic rings. The number of imide groups is 1. The number of nitrogens with one attached hydrogen (secondary N) is 3. The SMILES string of the molecule is O=C(NC(=O)C1CCNCC1)C(=O)Nc1ccccc1O. The van der Waals surface area contributed by atoms with Crippen LogP contribution in [0, 0.1) is 5.92 Å². The van der Waals surface area contributed by atoms with Gasteiger partial charge in [-0.25, -0.2) is 0 Å². The number of hydrogen-bond donors (Lipinski definition) is 4. The Kier molecular flexibility index (Phi) is 4.89. The van der Waals surface area contributed by atoms with E-state index in [0.29, 0.717) is 12.8 Å². The second-order valence-corrected chi connectivity index (χ2v) is 4.81. The molecule has 21 heavy (non-hydrogen) atoms. The molecule has 3 amide bonds. The Labute approximate surface area is 121 Å². The van der Waals surface area contributed by atoms with Crippen molar-refractivity contribution < 1.29 is 19.5 Å². The average Bonchev–Trinajstić information content (AvgIpc) is 2.50. The van der Waals surface area contributed by atoms with Gasteiger partial charge >= 0.3 is 11.8 Å². The lowest BCUT2D eigenvalue weighted by Gasteiger charge is -2.21. The van der Waals surface area contributed by atoms with Gasteiger partial charge in [0.1, 0.15) is 5.75 Å². The van der Waals surface area contributed by atoms with E-state index in [1.807, 2.05) is 0 Å². The van der Waals surface area contributed by atoms with Crippen LogP contribution in [-0.4, -0.2) is 35.9 Å². The van der Waals surface area contributed by atoms with Crippen LogP contribution in [-0.2, 0) is 14.4 Å². The van der Waals surface area contributed by atoms with Crippen LogP contribution in [0.3, 0.4) is 0 Å². The quantitative estimate of drug-likeness (QED) is 0.452. The van der Waals surface area contributed by atoms with Gasteiger partial charge in [-0.3, -0.25) is 19.7 Å². The first-order chi connectivity index (χ1) is 10.1. The standard InChI is InChI=1S/C14H17N3O4/c18-11-4-2-1-3-10(11)16-13(20)14(21)17-12(19)9-5-7-15-8-6-9/h1-4,9,15,18H,5-8H2,(H,16,20)(H,17,19,21). The fourth-order valence-corrected chi connectivity index (χ4v) is 2.11. The van der Waals surface area contributed by atoms with E-state index in [1.54, 1.807) is 12.1 Å². The van der Waals surface area contributed by atoms with Gasteiger partial charge in [0, 0.05) is 5.92 Å². The summed E-state index contributed by atoms with van der Waals surface area (Å²) in [6.07, 6.45) is 1.28. The highest BCUT2D eigenvalue weighted by molar-refractivity contribution is 6.42. The van der Waals surface area contributed by atoms with Gasteiger partial charge in [-0.05, 0) is 38.1 Å². The average molecular weight is 291 g/mol. The van der Waals surface area contributed by atoms with Gasteiger partial charge in [-0.15, -0.1) is 0 Å². The van der Waals surface area contributed by atoms with Crippen LogP contribution in [0.5, 0.6) is 5.75 Å². The zero-order valence-corrected chi connectivity index (χ0v) is 11.4.